The van der Waals surface area contributed by atoms with E-state index in [4.69, 9.17) is 108 Å². The molecule has 0 bridgehead atoms. The van der Waals surface area contributed by atoms with Gasteiger partial charge < -0.3 is 19.7 Å². The number of esters is 1. The third-order valence-corrected chi connectivity index (χ3v) is 32.7. The van der Waals surface area contributed by atoms with Gasteiger partial charge in [0.25, 0.3) is 50.1 Å². The van der Waals surface area contributed by atoms with E-state index >= 15 is 0 Å². The topological polar surface area (TPSA) is 365 Å². The minimum atomic E-state index is -4.62. The molecule has 9 aromatic heterocycles. The van der Waals surface area contributed by atoms with Crippen LogP contribution in [0.5, 0.6) is 17.2 Å². The van der Waals surface area contributed by atoms with E-state index in [0.717, 1.165) is 30.0 Å². The zero-order valence-electron chi connectivity index (χ0n) is 75.1. The van der Waals surface area contributed by atoms with Gasteiger partial charge in [0, 0.05) is 140 Å². The number of carbonyl (C=O) groups excluding carboxylic acids is 1. The molecule has 0 saturated carbocycles. The van der Waals surface area contributed by atoms with E-state index < -0.39 is 78.4 Å². The molecule has 0 aliphatic heterocycles. The Morgan fingerprint density at radius 3 is 1.26 bits per heavy atom. The number of carbonyl (C=O) groups is 1. The highest BCUT2D eigenvalue weighted by atomic mass is 35.5. The zero-order chi connectivity index (χ0) is 104. The number of hydrogen-bond donors (Lipinski definition) is 2. The second kappa shape index (κ2) is 42.5. The molecule has 0 fully saturated rings. The fraction of sp³-hybridized carbons (Fsp3) is 0.0288. The lowest BCUT2D eigenvalue weighted by Gasteiger charge is -2.13. The molecule has 42 heteroatoms. The molecule has 0 amide bonds. The number of pyridine rings is 2. The largest absolute Gasteiger partial charge is 0.506 e. The van der Waals surface area contributed by atoms with Gasteiger partial charge in [0.1, 0.15) is 44.9 Å². The van der Waals surface area contributed by atoms with Gasteiger partial charge >= 0.3 is 5.97 Å². The second-order valence-electron chi connectivity index (χ2n) is 31.9. The van der Waals surface area contributed by atoms with Crippen molar-refractivity contribution in [1.29, 1.82) is 5.26 Å². The van der Waals surface area contributed by atoms with Crippen molar-refractivity contribution in [3.8, 4) is 79.5 Å². The molecule has 12 aromatic carbocycles. The van der Waals surface area contributed by atoms with Crippen molar-refractivity contribution in [3.05, 3.63) is 422 Å². The van der Waals surface area contributed by atoms with Gasteiger partial charge in [-0.2, -0.15) is 10.4 Å². The summed E-state index contributed by atoms with van der Waals surface area (Å²) in [5, 5.41) is 38.5. The molecular weight excluding hydrogens is 2140 g/mol. The molecule has 21 aromatic rings. The maximum absolute atomic E-state index is 13.8. The lowest BCUT2D eigenvalue weighted by atomic mass is 10.0. The Labute approximate surface area is 872 Å². The van der Waals surface area contributed by atoms with Crippen LogP contribution >= 0.6 is 92.8 Å². The number of nitriles is 1. The van der Waals surface area contributed by atoms with Crippen LogP contribution in [0.15, 0.2) is 378 Å². The average molecular weight is 2210 g/mol. The minimum Gasteiger partial charge on any atom is -0.506 e. The van der Waals surface area contributed by atoms with Crippen LogP contribution in [0, 0.1) is 23.0 Å². The van der Waals surface area contributed by atoms with Gasteiger partial charge in [0.05, 0.1) is 97.5 Å². The van der Waals surface area contributed by atoms with E-state index in [1.54, 1.807) is 135 Å². The van der Waals surface area contributed by atoms with Crippen LogP contribution in [0.25, 0.3) is 111 Å². The second-order valence-corrected chi connectivity index (χ2v) is 44.3. The number of aromatic nitrogens is 11. The SMILES string of the molecule is COC(=O)c1c(-c2ccccc2)c2cc(Cl)ccc2n1S(=O)(=O)c1cc(Cl)cc(Cl)c1.Cn1cc(-c2cc3cc(C#N)ccc3n2S(=O)(=O)c2cc(F)cc(F)c2O)cn1.O=S(=O)(c1cc(Cl)cc(Cl)c1)n1c(-c2cncnc2)cc2cc(Cl)ccc21.O=S(=O)(c1cncc(O)c1)n1c(-c2ccccc2)cc2cc(Cl)ccc21.O=S(=O)(c1cncc(OCc2ccccc2)c1)n1c(-c2ccccc2)cc2cc(Cl)ccc21. The molecule has 0 radical (unpaired) electrons. The summed E-state index contributed by atoms with van der Waals surface area (Å²) in [6.07, 6.45) is 12.7. The van der Waals surface area contributed by atoms with E-state index in [1.165, 1.54) is 134 Å². The molecule has 27 nitrogen and oxygen atoms in total. The summed E-state index contributed by atoms with van der Waals surface area (Å²) in [5.74, 6) is -4.38. The van der Waals surface area contributed by atoms with Crippen LogP contribution in [0.3, 0.4) is 0 Å². The van der Waals surface area contributed by atoms with Gasteiger partial charge in [0.15, 0.2) is 17.3 Å². The van der Waals surface area contributed by atoms with Gasteiger partial charge in [-0.1, -0.05) is 214 Å². The van der Waals surface area contributed by atoms with Crippen molar-refractivity contribution in [2.75, 3.05) is 7.11 Å². The number of methoxy groups -OCH3 is 1. The Bertz CT molecular complexity index is 9340. The Morgan fingerprint density at radius 2 is 0.795 bits per heavy atom. The number of hydrogen-bond acceptors (Lipinski definition) is 21. The number of halogens is 10. The molecule has 146 heavy (non-hydrogen) atoms. The molecule has 2 N–H and O–H groups in total. The summed E-state index contributed by atoms with van der Waals surface area (Å²) < 4.78 is 181. The Kier molecular flexibility index (Phi) is 29.9. The van der Waals surface area contributed by atoms with E-state index in [2.05, 4.69) is 25.0 Å². The van der Waals surface area contributed by atoms with Crippen molar-refractivity contribution >= 4 is 203 Å². The van der Waals surface area contributed by atoms with E-state index in [1.807, 2.05) is 109 Å². The first-order valence-corrected chi connectivity index (χ1v) is 53.0. The third-order valence-electron chi connectivity index (χ3n) is 22.3. The fourth-order valence-electron chi connectivity index (χ4n) is 16.0. The molecule has 0 saturated heterocycles. The number of rotatable bonds is 19. The number of benzene rings is 12. The smallest absolute Gasteiger partial charge is 0.356 e. The molecule has 9 heterocycles. The Morgan fingerprint density at radius 1 is 0.384 bits per heavy atom. The van der Waals surface area contributed by atoms with Crippen molar-refractivity contribution in [2.45, 2.75) is 31.1 Å². The molecular formula is C104H68Cl8F2N12O15S5. The summed E-state index contributed by atoms with van der Waals surface area (Å²) in [7, 11) is -18.1. The van der Waals surface area contributed by atoms with Gasteiger partial charge in [-0.25, -0.2) is 85.5 Å². The first kappa shape index (κ1) is 103. The quantitative estimate of drug-likeness (QED) is 0.0710. The van der Waals surface area contributed by atoms with Gasteiger partial charge in [-0.15, -0.1) is 0 Å². The van der Waals surface area contributed by atoms with Gasteiger partial charge in [0.2, 0.25) is 0 Å². The molecule has 734 valence electrons. The monoisotopic (exact) mass is 2200 g/mol. The maximum atomic E-state index is 13.8. The van der Waals surface area contributed by atoms with Crippen LogP contribution < -0.4 is 4.74 Å². The maximum Gasteiger partial charge on any atom is 0.356 e. The van der Waals surface area contributed by atoms with E-state index in [0.29, 0.717) is 128 Å². The average Bonchev–Trinajstić information content (AvgIpc) is 1.59. The van der Waals surface area contributed by atoms with Crippen molar-refractivity contribution in [3.63, 3.8) is 0 Å². The summed E-state index contributed by atoms with van der Waals surface area (Å²) in [6.45, 7) is 0.312. The number of phenolic OH excluding ortho intramolecular Hbond substituents is 1. The van der Waals surface area contributed by atoms with Crippen molar-refractivity contribution in [2.24, 2.45) is 7.05 Å². The summed E-state index contributed by atoms with van der Waals surface area (Å²) in [6, 6.07) is 82.0. The lowest BCUT2D eigenvalue weighted by molar-refractivity contribution is 0.0594. The molecule has 0 aliphatic carbocycles. The van der Waals surface area contributed by atoms with Gasteiger partial charge in [-0.3, -0.25) is 14.6 Å². The van der Waals surface area contributed by atoms with Crippen LogP contribution in [-0.2, 0) is 68.5 Å². The summed E-state index contributed by atoms with van der Waals surface area (Å²) in [5.41, 5.74) is 8.20. The normalized spacial score (nSPS) is 11.7. The number of fused-ring (bicyclic) bond motifs is 5. The number of nitrogens with zero attached hydrogens (tertiary/aromatic N) is 12. The molecule has 0 spiro atoms. The lowest BCUT2D eigenvalue weighted by Crippen LogP contribution is -2.20. The summed E-state index contributed by atoms with van der Waals surface area (Å²) >= 11 is 48.7. The predicted octanol–water partition coefficient (Wildman–Crippen LogP) is 25.2. The minimum absolute atomic E-state index is 0.0226. The van der Waals surface area contributed by atoms with Crippen LogP contribution in [0.1, 0.15) is 21.6 Å². The fourth-order valence-corrected chi connectivity index (χ4v) is 25.9. The number of phenols is 1. The number of aryl methyl sites for hydroxylation is 1. The van der Waals surface area contributed by atoms with Crippen molar-refractivity contribution < 1.29 is 75.4 Å². The first-order chi connectivity index (χ1) is 69.8. The highest BCUT2D eigenvalue weighted by Gasteiger charge is 2.36. The highest BCUT2D eigenvalue weighted by Crippen LogP contribution is 2.44. The predicted molar refractivity (Wildman–Crippen MR) is 560 cm³/mol. The van der Waals surface area contributed by atoms with Crippen LogP contribution in [0.2, 0.25) is 40.2 Å². The van der Waals surface area contributed by atoms with Crippen LogP contribution in [0.4, 0.5) is 8.78 Å². The first-order valence-electron chi connectivity index (χ1n) is 42.8. The molecule has 0 aliphatic rings. The highest BCUT2D eigenvalue weighted by molar-refractivity contribution is 7.91. The zero-order valence-corrected chi connectivity index (χ0v) is 85.2. The molecule has 0 atom stereocenters. The Balaban J connectivity index is 0.000000125. The number of aromatic hydroxyl groups is 2. The van der Waals surface area contributed by atoms with E-state index in [9.17, 15) is 65.9 Å². The third kappa shape index (κ3) is 21.2. The van der Waals surface area contributed by atoms with Crippen LogP contribution in [-0.4, -0.2) is 115 Å². The summed E-state index contributed by atoms with van der Waals surface area (Å²) in [4.78, 5) is 27.6. The van der Waals surface area contributed by atoms with Gasteiger partial charge in [-0.05, 0) is 180 Å². The molecule has 21 rings (SSSR count). The number of ether oxygens (including phenoxy) is 2. The molecule has 0 unspecified atom stereocenters. The van der Waals surface area contributed by atoms with E-state index in [-0.39, 0.29) is 67.8 Å². The standard InChI is InChI=1S/C26H19ClN2O3S.C22H14Cl3NO4S.C19H13ClN2O3S.C19H12F2N4O3S.C18H10Cl3N3O2S/c27-22-11-12-25-21(13-22)14-26(20-9-5-2-6-10-20)29(25)33(30,31)24-15-23(16-28-17-24)32-18-19-7-3-1-4-8-19;1-30-22(27)21-20(13-5-3-2-4-6-13)18-12-14(23)7-8-19(18)26(21)31(28,29)17-10-15(24)9-16(25)11-17;20-15-6-7-18-14(8-15)9-19(13-4-2-1-3-5-13)22(18)26(24,25)17-10-16(23)11-21-12-17;1-24-10-13(9-23-24)17-5-12-4-11(8-22)2-3-16(12)25(17)29(27,28)18-7-14(20)6-15(21)19(18)26;19-13-1-2-17-11(3-13)4-18(12-8-22-10-23-9-12)24(17)27(25,26)16-6-14(20)5-15(21)7-16/h1-17H,18H2;2-12H,1H3;1-12,23H;2-7,9-10,26H,1H3;1-10H. The van der Waals surface area contributed by atoms with Crippen molar-refractivity contribution in [1.82, 2.24) is 49.6 Å². The Hall–Kier alpha value is -14.8.